The van der Waals surface area contributed by atoms with Crippen LogP contribution in [0.25, 0.3) is 0 Å². The summed E-state index contributed by atoms with van der Waals surface area (Å²) in [4.78, 5) is 8.41. The molecule has 8 heteroatoms. The first kappa shape index (κ1) is 26.5. The van der Waals surface area contributed by atoms with Gasteiger partial charge in [0.15, 0.2) is 17.5 Å². The summed E-state index contributed by atoms with van der Waals surface area (Å²) >= 11 is 0. The molecule has 2 aromatic carbocycles. The zero-order valence-corrected chi connectivity index (χ0v) is 21.9. The van der Waals surface area contributed by atoms with E-state index in [9.17, 15) is 0 Å². The van der Waals surface area contributed by atoms with Crippen LogP contribution in [0.5, 0.6) is 11.5 Å². The normalized spacial score (nSPS) is 10.9. The Bertz CT molecular complexity index is 975. The van der Waals surface area contributed by atoms with Crippen LogP contribution >= 0.6 is 24.0 Å². The van der Waals surface area contributed by atoms with Crippen molar-refractivity contribution in [3.05, 3.63) is 77.9 Å². The molecule has 0 aliphatic rings. The first-order valence-electron chi connectivity index (χ1n) is 11.0. The van der Waals surface area contributed by atoms with Crippen LogP contribution in [0.1, 0.15) is 30.0 Å². The minimum absolute atomic E-state index is 0. The van der Waals surface area contributed by atoms with E-state index in [-0.39, 0.29) is 24.0 Å². The van der Waals surface area contributed by atoms with Crippen molar-refractivity contribution in [2.75, 3.05) is 27.3 Å². The molecule has 0 saturated carbocycles. The predicted molar refractivity (Wildman–Crippen MR) is 144 cm³/mol. The molecule has 0 unspecified atom stereocenters. The van der Waals surface area contributed by atoms with Crippen molar-refractivity contribution in [1.29, 1.82) is 0 Å². The molecule has 33 heavy (non-hydrogen) atoms. The molecule has 0 aliphatic carbocycles. The summed E-state index contributed by atoms with van der Waals surface area (Å²) in [6.45, 7) is 4.99. The molecule has 0 radical (unpaired) electrons. The lowest BCUT2D eigenvalue weighted by Gasteiger charge is -2.13. The molecule has 3 aromatic rings. The number of hydrogen-bond acceptors (Lipinski definition) is 4. The van der Waals surface area contributed by atoms with E-state index in [0.29, 0.717) is 6.61 Å². The number of ether oxygens (including phenoxy) is 2. The molecule has 0 bridgehead atoms. The third-order valence-electron chi connectivity index (χ3n) is 5.09. The lowest BCUT2D eigenvalue weighted by Crippen LogP contribution is -2.37. The van der Waals surface area contributed by atoms with Gasteiger partial charge in [0.1, 0.15) is 0 Å². The average Bonchev–Trinajstić information content (AvgIpc) is 3.33. The van der Waals surface area contributed by atoms with Gasteiger partial charge < -0.3 is 24.7 Å². The SMILES string of the molecule is CCOc1cc(CCCNC(=NC)NCc2ccc(Cn3ccnc3)cc2)ccc1OC.I. The van der Waals surface area contributed by atoms with Gasteiger partial charge in [-0.3, -0.25) is 4.99 Å². The Hall–Kier alpha value is -2.75. The lowest BCUT2D eigenvalue weighted by atomic mass is 10.1. The molecule has 0 saturated heterocycles. The second-order valence-electron chi connectivity index (χ2n) is 7.43. The van der Waals surface area contributed by atoms with E-state index < -0.39 is 0 Å². The number of nitrogens with one attached hydrogen (secondary N) is 2. The molecule has 0 spiro atoms. The number of nitrogens with zero attached hydrogens (tertiary/aromatic N) is 3. The monoisotopic (exact) mass is 563 g/mol. The molecule has 0 amide bonds. The number of aromatic nitrogens is 2. The van der Waals surface area contributed by atoms with Crippen molar-refractivity contribution >= 4 is 29.9 Å². The van der Waals surface area contributed by atoms with Gasteiger partial charge in [-0.05, 0) is 48.6 Å². The Kier molecular flexibility index (Phi) is 11.6. The van der Waals surface area contributed by atoms with Crippen molar-refractivity contribution in [3.8, 4) is 11.5 Å². The summed E-state index contributed by atoms with van der Waals surface area (Å²) < 4.78 is 13.1. The van der Waals surface area contributed by atoms with Gasteiger partial charge in [-0.2, -0.15) is 0 Å². The van der Waals surface area contributed by atoms with Crippen LogP contribution < -0.4 is 20.1 Å². The number of aliphatic imine (C=N–C) groups is 1. The van der Waals surface area contributed by atoms with Crippen molar-refractivity contribution in [2.45, 2.75) is 32.9 Å². The van der Waals surface area contributed by atoms with Crippen LogP contribution in [0.2, 0.25) is 0 Å². The van der Waals surface area contributed by atoms with E-state index >= 15 is 0 Å². The van der Waals surface area contributed by atoms with Crippen molar-refractivity contribution in [1.82, 2.24) is 20.2 Å². The molecule has 2 N–H and O–H groups in total. The van der Waals surface area contributed by atoms with Crippen molar-refractivity contribution in [2.24, 2.45) is 4.99 Å². The third-order valence-corrected chi connectivity index (χ3v) is 5.09. The van der Waals surface area contributed by atoms with E-state index in [1.165, 1.54) is 16.7 Å². The zero-order valence-electron chi connectivity index (χ0n) is 19.6. The van der Waals surface area contributed by atoms with Gasteiger partial charge in [0, 0.05) is 39.1 Å². The van der Waals surface area contributed by atoms with Gasteiger partial charge in [0.25, 0.3) is 0 Å². The lowest BCUT2D eigenvalue weighted by molar-refractivity contribution is 0.310. The van der Waals surface area contributed by atoms with Gasteiger partial charge in [-0.25, -0.2) is 4.98 Å². The third kappa shape index (κ3) is 8.60. The summed E-state index contributed by atoms with van der Waals surface area (Å²) in [5.41, 5.74) is 3.69. The topological polar surface area (TPSA) is 72.7 Å². The maximum Gasteiger partial charge on any atom is 0.191 e. The molecule has 1 aromatic heterocycles. The maximum absolute atomic E-state index is 5.66. The number of benzene rings is 2. The highest BCUT2D eigenvalue weighted by Crippen LogP contribution is 2.28. The van der Waals surface area contributed by atoms with Crippen LogP contribution in [-0.2, 0) is 19.5 Å². The Morgan fingerprint density at radius 2 is 1.79 bits per heavy atom. The van der Waals surface area contributed by atoms with E-state index in [1.54, 1.807) is 20.4 Å². The van der Waals surface area contributed by atoms with Gasteiger partial charge >= 0.3 is 0 Å². The number of guanidine groups is 1. The number of halogens is 1. The van der Waals surface area contributed by atoms with Gasteiger partial charge in [-0.1, -0.05) is 30.3 Å². The largest absolute Gasteiger partial charge is 0.493 e. The number of imidazole rings is 1. The minimum atomic E-state index is 0. The van der Waals surface area contributed by atoms with E-state index in [0.717, 1.165) is 49.9 Å². The first-order chi connectivity index (χ1) is 15.7. The van der Waals surface area contributed by atoms with Crippen LogP contribution in [0, 0.1) is 0 Å². The van der Waals surface area contributed by atoms with Gasteiger partial charge in [-0.15, -0.1) is 24.0 Å². The minimum Gasteiger partial charge on any atom is -0.493 e. The number of rotatable bonds is 11. The highest BCUT2D eigenvalue weighted by Gasteiger charge is 2.06. The standard InChI is InChI=1S/C25H33N5O2.HI/c1-4-32-24-16-20(11-12-23(24)31-3)6-5-13-28-25(26-2)29-17-21-7-9-22(10-8-21)18-30-15-14-27-19-30;/h7-12,14-16,19H,4-6,13,17-18H2,1-3H3,(H2,26,28,29);1H. The summed E-state index contributed by atoms with van der Waals surface area (Å²) in [6, 6.07) is 14.7. The highest BCUT2D eigenvalue weighted by atomic mass is 127. The summed E-state index contributed by atoms with van der Waals surface area (Å²) in [6.07, 6.45) is 7.54. The van der Waals surface area contributed by atoms with Crippen LogP contribution in [0.3, 0.4) is 0 Å². The summed E-state index contributed by atoms with van der Waals surface area (Å²) in [5, 5.41) is 6.76. The van der Waals surface area contributed by atoms with E-state index in [4.69, 9.17) is 9.47 Å². The predicted octanol–water partition coefficient (Wildman–Crippen LogP) is 4.25. The second kappa shape index (κ2) is 14.4. The zero-order chi connectivity index (χ0) is 22.6. The Morgan fingerprint density at radius 1 is 1.03 bits per heavy atom. The second-order valence-corrected chi connectivity index (χ2v) is 7.43. The Balaban J connectivity index is 0.00000385. The molecule has 7 nitrogen and oxygen atoms in total. The van der Waals surface area contributed by atoms with Crippen LogP contribution in [0.4, 0.5) is 0 Å². The molecule has 3 rings (SSSR count). The van der Waals surface area contributed by atoms with Crippen molar-refractivity contribution in [3.63, 3.8) is 0 Å². The number of methoxy groups -OCH3 is 1. The Labute approximate surface area is 213 Å². The molecule has 1 heterocycles. The fraction of sp³-hybridized carbons (Fsp3) is 0.360. The molecule has 178 valence electrons. The van der Waals surface area contributed by atoms with Crippen LogP contribution in [-0.4, -0.2) is 42.8 Å². The van der Waals surface area contributed by atoms with E-state index in [2.05, 4.69) is 61.6 Å². The van der Waals surface area contributed by atoms with E-state index in [1.807, 2.05) is 25.5 Å². The Morgan fingerprint density at radius 3 is 2.45 bits per heavy atom. The van der Waals surface area contributed by atoms with Gasteiger partial charge in [0.05, 0.1) is 20.0 Å². The summed E-state index contributed by atoms with van der Waals surface area (Å²) in [5.74, 6) is 2.37. The quantitative estimate of drug-likeness (QED) is 0.158. The fourth-order valence-electron chi connectivity index (χ4n) is 3.40. The van der Waals surface area contributed by atoms with Gasteiger partial charge in [0.2, 0.25) is 0 Å². The molecule has 0 fully saturated rings. The highest BCUT2D eigenvalue weighted by molar-refractivity contribution is 14.0. The smallest absolute Gasteiger partial charge is 0.191 e. The molecule has 0 atom stereocenters. The van der Waals surface area contributed by atoms with Crippen LogP contribution in [0.15, 0.2) is 66.2 Å². The van der Waals surface area contributed by atoms with Crippen molar-refractivity contribution < 1.29 is 9.47 Å². The average molecular weight is 563 g/mol. The fourth-order valence-corrected chi connectivity index (χ4v) is 3.40. The molecular formula is C25H34IN5O2. The molecule has 0 aliphatic heterocycles. The number of aryl methyl sites for hydroxylation is 1. The maximum atomic E-state index is 5.66. The summed E-state index contributed by atoms with van der Waals surface area (Å²) in [7, 11) is 3.46. The molecular weight excluding hydrogens is 529 g/mol. The first-order valence-corrected chi connectivity index (χ1v) is 11.0. The number of hydrogen-bond donors (Lipinski definition) is 2.